The first kappa shape index (κ1) is 16.3. The van der Waals surface area contributed by atoms with Crippen LogP contribution in [0.25, 0.3) is 0 Å². The molecule has 1 heterocycles. The molecule has 1 amide bonds. The van der Waals surface area contributed by atoms with E-state index in [1.54, 1.807) is 12.1 Å². The maximum absolute atomic E-state index is 14.4. The Hall–Kier alpha value is -2.60. The molecule has 1 N–H and O–H groups in total. The first-order valence-electron chi connectivity index (χ1n) is 7.22. The molecule has 6 heteroatoms. The minimum Gasteiger partial charge on any atom is -0.340 e. The van der Waals surface area contributed by atoms with Crippen LogP contribution in [-0.4, -0.2) is 15.9 Å². The Labute approximate surface area is 146 Å². The predicted octanol–water partition coefficient (Wildman–Crippen LogP) is 3.90. The van der Waals surface area contributed by atoms with E-state index >= 15 is 0 Å². The predicted molar refractivity (Wildman–Crippen MR) is 91.9 cm³/mol. The van der Waals surface area contributed by atoms with E-state index in [1.807, 2.05) is 30.3 Å². The highest BCUT2D eigenvalue weighted by atomic mass is 79.9. The van der Waals surface area contributed by atoms with Gasteiger partial charge in [-0.2, -0.15) is 0 Å². The maximum Gasteiger partial charge on any atom is 0.272 e. The van der Waals surface area contributed by atoms with Crippen LogP contribution in [0, 0.1) is 5.82 Å². The molecular formula is C18H13BrFN3O. The number of nitrogens with zero attached hydrogens (tertiary/aromatic N) is 2. The number of hydrogen-bond donors (Lipinski definition) is 1. The third-order valence-corrected chi connectivity index (χ3v) is 3.97. The van der Waals surface area contributed by atoms with Crippen LogP contribution in [0.5, 0.6) is 0 Å². The zero-order chi connectivity index (χ0) is 16.9. The van der Waals surface area contributed by atoms with Gasteiger partial charge in [-0.15, -0.1) is 0 Å². The van der Waals surface area contributed by atoms with Gasteiger partial charge in [-0.1, -0.05) is 52.3 Å². The lowest BCUT2D eigenvalue weighted by atomic mass is 9.98. The number of rotatable bonds is 4. The Balaban J connectivity index is 1.98. The van der Waals surface area contributed by atoms with E-state index in [-0.39, 0.29) is 5.69 Å². The van der Waals surface area contributed by atoms with Crippen LogP contribution in [-0.2, 0) is 0 Å². The highest BCUT2D eigenvalue weighted by Crippen LogP contribution is 2.26. The van der Waals surface area contributed by atoms with Gasteiger partial charge in [0, 0.05) is 22.4 Å². The molecule has 0 unspecified atom stereocenters. The number of amides is 1. The van der Waals surface area contributed by atoms with Gasteiger partial charge in [-0.05, 0) is 17.7 Å². The number of nitrogens with one attached hydrogen (secondary N) is 1. The number of carbonyl (C=O) groups is 1. The summed E-state index contributed by atoms with van der Waals surface area (Å²) in [5.41, 5.74) is 1.33. The lowest BCUT2D eigenvalue weighted by molar-refractivity contribution is 0.0937. The van der Waals surface area contributed by atoms with Gasteiger partial charge < -0.3 is 5.32 Å². The van der Waals surface area contributed by atoms with Crippen LogP contribution >= 0.6 is 15.9 Å². The molecule has 2 aromatic carbocycles. The quantitative estimate of drug-likeness (QED) is 0.740. The molecule has 3 rings (SSSR count). The van der Waals surface area contributed by atoms with Crippen molar-refractivity contribution in [1.82, 2.24) is 15.3 Å². The second kappa shape index (κ2) is 7.31. The van der Waals surface area contributed by atoms with Crippen molar-refractivity contribution >= 4 is 21.8 Å². The van der Waals surface area contributed by atoms with Crippen LogP contribution in [0.4, 0.5) is 4.39 Å². The van der Waals surface area contributed by atoms with E-state index < -0.39 is 17.8 Å². The Morgan fingerprint density at radius 2 is 1.92 bits per heavy atom. The topological polar surface area (TPSA) is 54.9 Å². The van der Waals surface area contributed by atoms with Crippen LogP contribution in [0.3, 0.4) is 0 Å². The number of carbonyl (C=O) groups excluding carboxylic acids is 1. The Morgan fingerprint density at radius 1 is 1.12 bits per heavy atom. The molecule has 0 bridgehead atoms. The molecule has 120 valence electrons. The van der Waals surface area contributed by atoms with Gasteiger partial charge >= 0.3 is 0 Å². The van der Waals surface area contributed by atoms with E-state index in [2.05, 4.69) is 31.2 Å². The molecule has 0 saturated carbocycles. The number of hydrogen-bond acceptors (Lipinski definition) is 3. The maximum atomic E-state index is 14.4. The van der Waals surface area contributed by atoms with Gasteiger partial charge in [-0.3, -0.25) is 9.78 Å². The van der Waals surface area contributed by atoms with E-state index in [1.165, 1.54) is 24.7 Å². The molecule has 0 spiro atoms. The molecular weight excluding hydrogens is 373 g/mol. The summed E-state index contributed by atoms with van der Waals surface area (Å²) in [6, 6.07) is 13.3. The number of halogens is 2. The summed E-state index contributed by atoms with van der Waals surface area (Å²) >= 11 is 3.24. The average Bonchev–Trinajstić information content (AvgIpc) is 2.61. The van der Waals surface area contributed by atoms with Gasteiger partial charge in [0.25, 0.3) is 5.91 Å². The van der Waals surface area contributed by atoms with Crippen molar-refractivity contribution in [1.29, 1.82) is 0 Å². The van der Waals surface area contributed by atoms with E-state index in [0.29, 0.717) is 10.0 Å². The molecule has 0 aliphatic rings. The highest BCUT2D eigenvalue weighted by molar-refractivity contribution is 9.10. The molecule has 3 aromatic rings. The van der Waals surface area contributed by atoms with Gasteiger partial charge in [0.05, 0.1) is 12.2 Å². The minimum absolute atomic E-state index is 0.177. The van der Waals surface area contributed by atoms with Gasteiger partial charge in [0.15, 0.2) is 0 Å². The lowest BCUT2D eigenvalue weighted by Gasteiger charge is -2.20. The second-order valence-corrected chi connectivity index (χ2v) is 5.99. The minimum atomic E-state index is -0.631. The van der Waals surface area contributed by atoms with Crippen molar-refractivity contribution in [2.24, 2.45) is 0 Å². The first-order chi connectivity index (χ1) is 11.6. The zero-order valence-electron chi connectivity index (χ0n) is 12.5. The van der Waals surface area contributed by atoms with Crippen LogP contribution in [0.1, 0.15) is 27.7 Å². The summed E-state index contributed by atoms with van der Waals surface area (Å²) in [6.07, 6.45) is 4.29. The second-order valence-electron chi connectivity index (χ2n) is 5.07. The van der Waals surface area contributed by atoms with Crippen molar-refractivity contribution in [2.75, 3.05) is 0 Å². The van der Waals surface area contributed by atoms with Crippen molar-refractivity contribution in [3.8, 4) is 0 Å². The number of benzene rings is 2. The van der Waals surface area contributed by atoms with E-state index in [9.17, 15) is 9.18 Å². The molecule has 0 fully saturated rings. The Morgan fingerprint density at radius 3 is 2.58 bits per heavy atom. The molecule has 4 nitrogen and oxygen atoms in total. The smallest absolute Gasteiger partial charge is 0.272 e. The largest absolute Gasteiger partial charge is 0.340 e. The van der Waals surface area contributed by atoms with Crippen molar-refractivity contribution in [2.45, 2.75) is 6.04 Å². The zero-order valence-corrected chi connectivity index (χ0v) is 14.1. The van der Waals surface area contributed by atoms with Gasteiger partial charge in [0.1, 0.15) is 11.5 Å². The Bertz CT molecular complexity index is 843. The molecule has 0 radical (unpaired) electrons. The fourth-order valence-corrected chi connectivity index (χ4v) is 2.68. The summed E-state index contributed by atoms with van der Waals surface area (Å²) in [7, 11) is 0. The fraction of sp³-hybridized carbons (Fsp3) is 0.0556. The molecule has 1 atom stereocenters. The summed E-state index contributed by atoms with van der Waals surface area (Å²) in [5, 5.41) is 2.83. The van der Waals surface area contributed by atoms with Crippen molar-refractivity contribution in [3.63, 3.8) is 0 Å². The summed E-state index contributed by atoms with van der Waals surface area (Å²) < 4.78 is 15.1. The fourth-order valence-electron chi connectivity index (χ4n) is 2.34. The summed E-state index contributed by atoms with van der Waals surface area (Å²) in [6.45, 7) is 0. The normalized spacial score (nSPS) is 11.8. The average molecular weight is 386 g/mol. The monoisotopic (exact) mass is 385 g/mol. The van der Waals surface area contributed by atoms with E-state index in [0.717, 1.165) is 5.56 Å². The SMILES string of the molecule is O=C(N[C@@H](c1ccccc1)c1ccc(Br)cc1F)c1cnccn1. The van der Waals surface area contributed by atoms with Crippen LogP contribution < -0.4 is 5.32 Å². The third-order valence-electron chi connectivity index (χ3n) is 3.48. The molecule has 0 aliphatic heterocycles. The van der Waals surface area contributed by atoms with Crippen LogP contribution in [0.2, 0.25) is 0 Å². The van der Waals surface area contributed by atoms with Crippen LogP contribution in [0.15, 0.2) is 71.6 Å². The van der Waals surface area contributed by atoms with Gasteiger partial charge in [-0.25, -0.2) is 9.37 Å². The van der Waals surface area contributed by atoms with Crippen molar-refractivity contribution in [3.05, 3.63) is 94.2 Å². The molecule has 1 aromatic heterocycles. The first-order valence-corrected chi connectivity index (χ1v) is 8.01. The van der Waals surface area contributed by atoms with Gasteiger partial charge in [0.2, 0.25) is 0 Å². The number of aromatic nitrogens is 2. The molecule has 24 heavy (non-hydrogen) atoms. The van der Waals surface area contributed by atoms with Crippen molar-refractivity contribution < 1.29 is 9.18 Å². The molecule has 0 aliphatic carbocycles. The summed E-state index contributed by atoms with van der Waals surface area (Å²) in [5.74, 6) is -0.822. The third kappa shape index (κ3) is 3.65. The summed E-state index contributed by atoms with van der Waals surface area (Å²) in [4.78, 5) is 20.3. The standard InChI is InChI=1S/C18H13BrFN3O/c19-13-6-7-14(15(20)10-13)17(12-4-2-1-3-5-12)23-18(24)16-11-21-8-9-22-16/h1-11,17H,(H,23,24)/t17-/m0/s1. The highest BCUT2D eigenvalue weighted by Gasteiger charge is 2.21. The lowest BCUT2D eigenvalue weighted by Crippen LogP contribution is -2.30. The van der Waals surface area contributed by atoms with E-state index in [4.69, 9.17) is 0 Å². The molecule has 0 saturated heterocycles. The Kier molecular flexibility index (Phi) is 4.96.